The zero-order chi connectivity index (χ0) is 22.5. The maximum atomic E-state index is 12.6. The summed E-state index contributed by atoms with van der Waals surface area (Å²) in [6, 6.07) is 7.05. The van der Waals surface area contributed by atoms with Crippen molar-refractivity contribution < 1.29 is 23.1 Å². The summed E-state index contributed by atoms with van der Waals surface area (Å²) < 4.78 is 26.8. The van der Waals surface area contributed by atoms with Gasteiger partial charge in [0.1, 0.15) is 0 Å². The first-order chi connectivity index (χ1) is 14.1. The highest BCUT2D eigenvalue weighted by atomic mass is 32.2. The lowest BCUT2D eigenvalue weighted by molar-refractivity contribution is -0.394. The molecule has 0 bridgehead atoms. The van der Waals surface area contributed by atoms with E-state index in [1.807, 2.05) is 6.92 Å². The SMILES string of the molecule is CCCCNS(=O)(=O)c1ccc(NC(=O)c2cc([N+](=O)[O-])cc([N+](=O)[O-])c2C)cc1. The van der Waals surface area contributed by atoms with Crippen molar-refractivity contribution in [2.75, 3.05) is 11.9 Å². The number of nitrogens with one attached hydrogen (secondary N) is 2. The molecule has 2 rings (SSSR count). The third-order valence-electron chi connectivity index (χ3n) is 4.26. The van der Waals surface area contributed by atoms with Crippen molar-refractivity contribution in [1.29, 1.82) is 0 Å². The molecule has 0 heterocycles. The quantitative estimate of drug-likeness (QED) is 0.346. The summed E-state index contributed by atoms with van der Waals surface area (Å²) in [5.74, 6) is -0.795. The van der Waals surface area contributed by atoms with Gasteiger partial charge >= 0.3 is 0 Å². The summed E-state index contributed by atoms with van der Waals surface area (Å²) in [5.41, 5.74) is -1.16. The van der Waals surface area contributed by atoms with Gasteiger partial charge in [0, 0.05) is 23.9 Å². The predicted octanol–water partition coefficient (Wildman–Crippen LogP) is 3.14. The second kappa shape index (κ2) is 9.41. The summed E-state index contributed by atoms with van der Waals surface area (Å²) in [7, 11) is -3.68. The number of nitro groups is 2. The monoisotopic (exact) mass is 436 g/mol. The number of anilines is 1. The first-order valence-corrected chi connectivity index (χ1v) is 10.4. The van der Waals surface area contributed by atoms with Gasteiger partial charge < -0.3 is 5.32 Å². The Morgan fingerprint density at radius 2 is 1.70 bits per heavy atom. The Labute approximate surface area is 172 Å². The van der Waals surface area contributed by atoms with E-state index in [0.29, 0.717) is 13.0 Å². The van der Waals surface area contributed by atoms with E-state index in [1.54, 1.807) is 0 Å². The van der Waals surface area contributed by atoms with Crippen LogP contribution >= 0.6 is 0 Å². The van der Waals surface area contributed by atoms with Crippen molar-refractivity contribution in [3.05, 3.63) is 67.8 Å². The van der Waals surface area contributed by atoms with Crippen LogP contribution in [0.25, 0.3) is 0 Å². The third kappa shape index (κ3) is 5.36. The number of amides is 1. The standard InChI is InChI=1S/C18H20N4O7S/c1-3-4-9-19-30(28,29)15-7-5-13(6-8-15)20-18(23)16-10-14(21(24)25)11-17(12(16)2)22(26)27/h5-8,10-11,19H,3-4,9H2,1-2H3,(H,20,23). The molecule has 160 valence electrons. The number of sulfonamides is 1. The van der Waals surface area contributed by atoms with Crippen LogP contribution in [0.5, 0.6) is 0 Å². The van der Waals surface area contributed by atoms with Crippen LogP contribution in [-0.4, -0.2) is 30.7 Å². The molecule has 0 fully saturated rings. The summed E-state index contributed by atoms with van der Waals surface area (Å²) >= 11 is 0. The van der Waals surface area contributed by atoms with Crippen molar-refractivity contribution >= 4 is 33.0 Å². The van der Waals surface area contributed by atoms with Crippen LogP contribution in [0.1, 0.15) is 35.7 Å². The van der Waals surface area contributed by atoms with Crippen molar-refractivity contribution in [1.82, 2.24) is 4.72 Å². The van der Waals surface area contributed by atoms with E-state index in [2.05, 4.69) is 10.0 Å². The van der Waals surface area contributed by atoms with Crippen LogP contribution in [0.3, 0.4) is 0 Å². The molecule has 12 heteroatoms. The van der Waals surface area contributed by atoms with Gasteiger partial charge in [0.25, 0.3) is 17.3 Å². The molecule has 11 nitrogen and oxygen atoms in total. The highest BCUT2D eigenvalue weighted by molar-refractivity contribution is 7.89. The minimum absolute atomic E-state index is 0.0127. The fourth-order valence-corrected chi connectivity index (χ4v) is 3.67. The molecule has 0 aliphatic heterocycles. The van der Waals surface area contributed by atoms with Gasteiger partial charge in [0.15, 0.2) is 0 Å². The number of nitro benzene ring substituents is 2. The van der Waals surface area contributed by atoms with Crippen LogP contribution < -0.4 is 10.0 Å². The highest BCUT2D eigenvalue weighted by Crippen LogP contribution is 2.28. The molecule has 0 radical (unpaired) electrons. The molecule has 2 aromatic carbocycles. The van der Waals surface area contributed by atoms with E-state index < -0.39 is 37.2 Å². The lowest BCUT2D eigenvalue weighted by Gasteiger charge is -2.10. The number of benzene rings is 2. The number of carbonyl (C=O) groups excluding carboxylic acids is 1. The molecule has 0 spiro atoms. The number of carbonyl (C=O) groups is 1. The predicted molar refractivity (Wildman–Crippen MR) is 109 cm³/mol. The molecule has 0 unspecified atom stereocenters. The number of hydrogen-bond donors (Lipinski definition) is 2. The Kier molecular flexibility index (Phi) is 7.19. The van der Waals surface area contributed by atoms with Gasteiger partial charge in [-0.05, 0) is 37.6 Å². The fraction of sp³-hybridized carbons (Fsp3) is 0.278. The second-order valence-corrected chi connectivity index (χ2v) is 8.15. The number of non-ortho nitro benzene ring substituents is 1. The number of rotatable bonds is 9. The molecular formula is C18H20N4O7S. The summed E-state index contributed by atoms with van der Waals surface area (Å²) in [4.78, 5) is 33.1. The zero-order valence-electron chi connectivity index (χ0n) is 16.2. The molecule has 0 aliphatic carbocycles. The summed E-state index contributed by atoms with van der Waals surface area (Å²) in [6.07, 6.45) is 1.53. The molecule has 0 saturated heterocycles. The molecule has 0 saturated carbocycles. The van der Waals surface area contributed by atoms with E-state index >= 15 is 0 Å². The lowest BCUT2D eigenvalue weighted by Crippen LogP contribution is -2.24. The minimum atomic E-state index is -3.68. The third-order valence-corrected chi connectivity index (χ3v) is 5.74. The van der Waals surface area contributed by atoms with E-state index in [-0.39, 0.29) is 21.7 Å². The van der Waals surface area contributed by atoms with Gasteiger partial charge in [0.2, 0.25) is 10.0 Å². The van der Waals surface area contributed by atoms with E-state index in [1.165, 1.54) is 31.2 Å². The summed E-state index contributed by atoms with van der Waals surface area (Å²) in [6.45, 7) is 3.56. The molecule has 2 aromatic rings. The van der Waals surface area contributed by atoms with Gasteiger partial charge in [-0.3, -0.25) is 25.0 Å². The van der Waals surface area contributed by atoms with Crippen LogP contribution in [0, 0.1) is 27.2 Å². The molecule has 1 amide bonds. The second-order valence-electron chi connectivity index (χ2n) is 6.38. The first kappa shape index (κ1) is 22.9. The smallest absolute Gasteiger partial charge is 0.279 e. The topological polar surface area (TPSA) is 162 Å². The Morgan fingerprint density at radius 3 is 2.23 bits per heavy atom. The van der Waals surface area contributed by atoms with Gasteiger partial charge in [0.05, 0.1) is 26.4 Å². The van der Waals surface area contributed by atoms with Crippen molar-refractivity contribution in [3.63, 3.8) is 0 Å². The summed E-state index contributed by atoms with van der Waals surface area (Å²) in [5, 5.41) is 24.6. The van der Waals surface area contributed by atoms with Crippen molar-refractivity contribution in [2.24, 2.45) is 0 Å². The molecule has 2 N–H and O–H groups in total. The van der Waals surface area contributed by atoms with E-state index in [9.17, 15) is 33.4 Å². The van der Waals surface area contributed by atoms with Crippen LogP contribution in [-0.2, 0) is 10.0 Å². The minimum Gasteiger partial charge on any atom is -0.322 e. The Morgan fingerprint density at radius 1 is 1.07 bits per heavy atom. The normalized spacial score (nSPS) is 11.1. The maximum Gasteiger partial charge on any atom is 0.279 e. The molecular weight excluding hydrogens is 416 g/mol. The lowest BCUT2D eigenvalue weighted by atomic mass is 10.0. The molecule has 0 aromatic heterocycles. The van der Waals surface area contributed by atoms with Gasteiger partial charge in [-0.1, -0.05) is 13.3 Å². The maximum absolute atomic E-state index is 12.6. The first-order valence-electron chi connectivity index (χ1n) is 8.91. The number of hydrogen-bond acceptors (Lipinski definition) is 7. The van der Waals surface area contributed by atoms with E-state index in [0.717, 1.165) is 18.6 Å². The number of nitrogens with zero attached hydrogens (tertiary/aromatic N) is 2. The molecule has 0 atom stereocenters. The average molecular weight is 436 g/mol. The number of unbranched alkanes of at least 4 members (excludes halogenated alkanes) is 1. The Balaban J connectivity index is 2.26. The van der Waals surface area contributed by atoms with Crippen LogP contribution in [0.4, 0.5) is 17.1 Å². The van der Waals surface area contributed by atoms with Crippen molar-refractivity contribution in [2.45, 2.75) is 31.6 Å². The van der Waals surface area contributed by atoms with Crippen LogP contribution in [0.15, 0.2) is 41.3 Å². The molecule has 0 aliphatic rings. The average Bonchev–Trinajstić information content (AvgIpc) is 2.68. The highest BCUT2D eigenvalue weighted by Gasteiger charge is 2.25. The van der Waals surface area contributed by atoms with Gasteiger partial charge in [-0.25, -0.2) is 13.1 Å². The van der Waals surface area contributed by atoms with Gasteiger partial charge in [-0.2, -0.15) is 0 Å². The zero-order valence-corrected chi connectivity index (χ0v) is 17.1. The largest absolute Gasteiger partial charge is 0.322 e. The Hall–Kier alpha value is -3.38. The Bertz CT molecular complexity index is 1080. The van der Waals surface area contributed by atoms with E-state index in [4.69, 9.17) is 0 Å². The van der Waals surface area contributed by atoms with Crippen molar-refractivity contribution in [3.8, 4) is 0 Å². The molecule has 30 heavy (non-hydrogen) atoms. The van der Waals surface area contributed by atoms with Crippen LogP contribution in [0.2, 0.25) is 0 Å². The fourth-order valence-electron chi connectivity index (χ4n) is 2.60. The van der Waals surface area contributed by atoms with Gasteiger partial charge in [-0.15, -0.1) is 0 Å².